The van der Waals surface area contributed by atoms with Crippen LogP contribution >= 0.6 is 0 Å². The van der Waals surface area contributed by atoms with Crippen LogP contribution in [-0.2, 0) is 5.41 Å². The van der Waals surface area contributed by atoms with Gasteiger partial charge in [-0.15, -0.1) is 0 Å². The Bertz CT molecular complexity index is 2810. The molecule has 9 aromatic rings. The van der Waals surface area contributed by atoms with Gasteiger partial charge in [-0.05, 0) is 68.8 Å². The number of para-hydroxylation sites is 4. The van der Waals surface area contributed by atoms with E-state index in [0.717, 1.165) is 50.1 Å². The van der Waals surface area contributed by atoms with E-state index in [1.165, 1.54) is 44.5 Å². The van der Waals surface area contributed by atoms with Crippen LogP contribution in [0.2, 0.25) is 0 Å². The number of anilines is 3. The SMILES string of the molecule is CC1(C)c2ccccc2-c2c(-c3ccccc3N(c3ccccc3-c3ccc(-c4ccccc4)cc3)c3cccc4c3oc3ccccc34)cccc21. The van der Waals surface area contributed by atoms with Crippen molar-refractivity contribution in [2.24, 2.45) is 0 Å². The molecule has 0 unspecified atom stereocenters. The normalized spacial score (nSPS) is 12.9. The second kappa shape index (κ2) is 12.3. The Hall–Kier alpha value is -6.64. The van der Waals surface area contributed by atoms with Crippen molar-refractivity contribution in [3.05, 3.63) is 199 Å². The standard InChI is InChI=1S/C51H37NO/c1-51(2)43-24-10-6-21-42(43)49-40(22-14-25-44(49)51)38-19-8-12-27-46(38)52(47-28-15-23-41-39-20-9-13-29-48(39)53-50(41)47)45-26-11-7-18-37(45)36-32-30-35(31-33-36)34-16-4-3-5-17-34/h3-33H,1-2H3. The van der Waals surface area contributed by atoms with Crippen molar-refractivity contribution < 1.29 is 4.42 Å². The van der Waals surface area contributed by atoms with Gasteiger partial charge in [0.1, 0.15) is 5.58 Å². The third-order valence-corrected chi connectivity index (χ3v) is 11.1. The molecule has 252 valence electrons. The van der Waals surface area contributed by atoms with Crippen LogP contribution in [-0.4, -0.2) is 0 Å². The molecule has 1 aromatic heterocycles. The minimum Gasteiger partial charge on any atom is -0.454 e. The molecule has 53 heavy (non-hydrogen) atoms. The number of benzene rings is 8. The zero-order valence-corrected chi connectivity index (χ0v) is 29.8. The smallest absolute Gasteiger partial charge is 0.159 e. The van der Waals surface area contributed by atoms with Gasteiger partial charge in [0, 0.05) is 27.3 Å². The third-order valence-electron chi connectivity index (χ3n) is 11.1. The fraction of sp³-hybridized carbons (Fsp3) is 0.0588. The zero-order valence-electron chi connectivity index (χ0n) is 29.8. The van der Waals surface area contributed by atoms with Crippen molar-refractivity contribution in [1.82, 2.24) is 0 Å². The summed E-state index contributed by atoms with van der Waals surface area (Å²) in [5.41, 5.74) is 17.2. The number of hydrogen-bond acceptors (Lipinski definition) is 2. The molecule has 8 aromatic carbocycles. The molecule has 0 saturated heterocycles. The maximum Gasteiger partial charge on any atom is 0.159 e. The Morgan fingerprint density at radius 3 is 1.72 bits per heavy atom. The highest BCUT2D eigenvalue weighted by molar-refractivity contribution is 6.11. The summed E-state index contributed by atoms with van der Waals surface area (Å²) >= 11 is 0. The van der Waals surface area contributed by atoms with Gasteiger partial charge in [-0.25, -0.2) is 0 Å². The fourth-order valence-corrected chi connectivity index (χ4v) is 8.56. The maximum atomic E-state index is 6.77. The molecule has 0 radical (unpaired) electrons. The molecule has 0 saturated carbocycles. The monoisotopic (exact) mass is 679 g/mol. The first-order valence-corrected chi connectivity index (χ1v) is 18.4. The van der Waals surface area contributed by atoms with Crippen LogP contribution in [0.5, 0.6) is 0 Å². The van der Waals surface area contributed by atoms with Gasteiger partial charge in [0.05, 0.1) is 17.1 Å². The number of nitrogens with zero attached hydrogens (tertiary/aromatic N) is 1. The van der Waals surface area contributed by atoms with E-state index in [2.05, 4.69) is 201 Å². The van der Waals surface area contributed by atoms with Crippen molar-refractivity contribution in [3.63, 3.8) is 0 Å². The van der Waals surface area contributed by atoms with Crippen LogP contribution in [0, 0.1) is 0 Å². The molecule has 0 atom stereocenters. The quantitative estimate of drug-likeness (QED) is 0.174. The Labute approximate surface area is 310 Å². The van der Waals surface area contributed by atoms with Gasteiger partial charge in [0.25, 0.3) is 0 Å². The summed E-state index contributed by atoms with van der Waals surface area (Å²) < 4.78 is 6.77. The van der Waals surface area contributed by atoms with E-state index in [-0.39, 0.29) is 5.41 Å². The number of furan rings is 1. The molecule has 10 rings (SSSR count). The molecule has 0 spiro atoms. The van der Waals surface area contributed by atoms with Crippen LogP contribution in [0.15, 0.2) is 192 Å². The molecule has 2 nitrogen and oxygen atoms in total. The lowest BCUT2D eigenvalue weighted by Crippen LogP contribution is -2.15. The van der Waals surface area contributed by atoms with E-state index in [1.807, 2.05) is 6.07 Å². The Morgan fingerprint density at radius 1 is 0.377 bits per heavy atom. The summed E-state index contributed by atoms with van der Waals surface area (Å²) in [6.45, 7) is 4.70. The van der Waals surface area contributed by atoms with Gasteiger partial charge in [0.15, 0.2) is 5.58 Å². The van der Waals surface area contributed by atoms with Gasteiger partial charge in [0.2, 0.25) is 0 Å². The minimum atomic E-state index is -0.102. The van der Waals surface area contributed by atoms with E-state index in [4.69, 9.17) is 4.42 Å². The van der Waals surface area contributed by atoms with Crippen molar-refractivity contribution >= 4 is 39.0 Å². The summed E-state index contributed by atoms with van der Waals surface area (Å²) in [4.78, 5) is 2.42. The van der Waals surface area contributed by atoms with Crippen LogP contribution in [0.3, 0.4) is 0 Å². The van der Waals surface area contributed by atoms with Crippen LogP contribution < -0.4 is 4.90 Å². The lowest BCUT2D eigenvalue weighted by Gasteiger charge is -2.30. The highest BCUT2D eigenvalue weighted by Crippen LogP contribution is 2.54. The number of fused-ring (bicyclic) bond motifs is 6. The van der Waals surface area contributed by atoms with Gasteiger partial charge in [-0.1, -0.05) is 178 Å². The van der Waals surface area contributed by atoms with Crippen molar-refractivity contribution in [3.8, 4) is 44.5 Å². The fourth-order valence-electron chi connectivity index (χ4n) is 8.56. The third kappa shape index (κ3) is 4.94. The van der Waals surface area contributed by atoms with Gasteiger partial charge < -0.3 is 9.32 Å². The van der Waals surface area contributed by atoms with Crippen molar-refractivity contribution in [2.45, 2.75) is 19.3 Å². The predicted molar refractivity (Wildman–Crippen MR) is 222 cm³/mol. The van der Waals surface area contributed by atoms with Gasteiger partial charge >= 0.3 is 0 Å². The molecule has 0 amide bonds. The summed E-state index contributed by atoms with van der Waals surface area (Å²) in [5, 5.41) is 2.21. The molecule has 0 N–H and O–H groups in total. The Balaban J connectivity index is 1.24. The molecule has 0 aliphatic heterocycles. The average molecular weight is 680 g/mol. The van der Waals surface area contributed by atoms with E-state index in [1.54, 1.807) is 0 Å². The highest BCUT2D eigenvalue weighted by atomic mass is 16.3. The van der Waals surface area contributed by atoms with E-state index >= 15 is 0 Å². The number of hydrogen-bond donors (Lipinski definition) is 0. The number of rotatable bonds is 6. The van der Waals surface area contributed by atoms with Crippen LogP contribution in [0.4, 0.5) is 17.1 Å². The molecule has 1 aliphatic rings. The summed E-state index contributed by atoms with van der Waals surface area (Å²) in [5.74, 6) is 0. The van der Waals surface area contributed by atoms with Gasteiger partial charge in [-0.2, -0.15) is 0 Å². The Kier molecular flexibility index (Phi) is 7.19. The second-order valence-electron chi connectivity index (χ2n) is 14.5. The lowest BCUT2D eigenvalue weighted by atomic mass is 9.82. The first-order valence-electron chi connectivity index (χ1n) is 18.4. The largest absolute Gasteiger partial charge is 0.454 e. The predicted octanol–water partition coefficient (Wildman–Crippen LogP) is 14.4. The zero-order chi connectivity index (χ0) is 35.5. The van der Waals surface area contributed by atoms with Crippen LogP contribution in [0.1, 0.15) is 25.0 Å². The molecular weight excluding hydrogens is 643 g/mol. The average Bonchev–Trinajstić information content (AvgIpc) is 3.72. The molecule has 0 fully saturated rings. The summed E-state index contributed by atoms with van der Waals surface area (Å²) in [6.07, 6.45) is 0. The van der Waals surface area contributed by atoms with E-state index in [9.17, 15) is 0 Å². The second-order valence-corrected chi connectivity index (χ2v) is 14.5. The first-order chi connectivity index (χ1) is 26.1. The summed E-state index contributed by atoms with van der Waals surface area (Å²) in [6, 6.07) is 67.8. The highest BCUT2D eigenvalue weighted by Gasteiger charge is 2.37. The van der Waals surface area contributed by atoms with E-state index in [0.29, 0.717) is 0 Å². The maximum absolute atomic E-state index is 6.77. The van der Waals surface area contributed by atoms with Crippen LogP contribution in [0.25, 0.3) is 66.4 Å². The lowest BCUT2D eigenvalue weighted by molar-refractivity contribution is 0.660. The molecule has 1 heterocycles. The molecule has 2 heteroatoms. The van der Waals surface area contributed by atoms with E-state index < -0.39 is 0 Å². The van der Waals surface area contributed by atoms with Gasteiger partial charge in [-0.3, -0.25) is 0 Å². The van der Waals surface area contributed by atoms with Crippen molar-refractivity contribution in [1.29, 1.82) is 0 Å². The summed E-state index contributed by atoms with van der Waals surface area (Å²) in [7, 11) is 0. The molecule has 0 bridgehead atoms. The topological polar surface area (TPSA) is 16.4 Å². The minimum absolute atomic E-state index is 0.102. The Morgan fingerprint density at radius 2 is 0.906 bits per heavy atom. The molecule has 1 aliphatic carbocycles. The molecular formula is C51H37NO. The first kappa shape index (κ1) is 31.1. The van der Waals surface area contributed by atoms with Crippen molar-refractivity contribution in [2.75, 3.05) is 4.90 Å².